The molecule has 5 nitrogen and oxygen atoms in total. The summed E-state index contributed by atoms with van der Waals surface area (Å²) in [5, 5.41) is 8.41. The van der Waals surface area contributed by atoms with Crippen LogP contribution in [0.4, 0.5) is 5.82 Å². The Labute approximate surface area is 147 Å². The number of hydrogen-bond acceptors (Lipinski definition) is 4. The highest BCUT2D eigenvalue weighted by atomic mass is 16.5. The quantitative estimate of drug-likeness (QED) is 0.787. The Morgan fingerprint density at radius 3 is 2.64 bits per heavy atom. The first-order valence-electron chi connectivity index (χ1n) is 8.37. The van der Waals surface area contributed by atoms with Crippen LogP contribution in [-0.4, -0.2) is 30.5 Å². The minimum atomic E-state index is 0.713. The van der Waals surface area contributed by atoms with E-state index >= 15 is 0 Å². The van der Waals surface area contributed by atoms with Crippen LogP contribution in [0.3, 0.4) is 0 Å². The van der Waals surface area contributed by atoms with Gasteiger partial charge in [0.2, 0.25) is 0 Å². The van der Waals surface area contributed by atoms with Crippen molar-refractivity contribution in [2.24, 2.45) is 0 Å². The first-order chi connectivity index (χ1) is 12.2. The smallest absolute Gasteiger partial charge is 0.170 e. The highest BCUT2D eigenvalue weighted by Gasteiger charge is 2.26. The zero-order valence-electron chi connectivity index (χ0n) is 14.7. The molecule has 0 saturated carbocycles. The molecular weight excluding hydrogens is 314 g/mol. The summed E-state index contributed by atoms with van der Waals surface area (Å²) in [6.07, 6.45) is 0.941. The van der Waals surface area contributed by atoms with Gasteiger partial charge in [0, 0.05) is 17.7 Å². The van der Waals surface area contributed by atoms with Crippen LogP contribution >= 0.6 is 0 Å². The second kappa shape index (κ2) is 6.16. The van der Waals surface area contributed by atoms with Crippen molar-refractivity contribution in [2.45, 2.75) is 13.3 Å². The Kier molecular flexibility index (Phi) is 3.84. The highest BCUT2D eigenvalue weighted by molar-refractivity contribution is 5.78. The van der Waals surface area contributed by atoms with Crippen LogP contribution in [0.2, 0.25) is 0 Å². The third kappa shape index (κ3) is 2.43. The minimum Gasteiger partial charge on any atom is -0.493 e. The first kappa shape index (κ1) is 15.6. The number of para-hydroxylation sites is 2. The predicted molar refractivity (Wildman–Crippen MR) is 99.0 cm³/mol. The van der Waals surface area contributed by atoms with E-state index in [-0.39, 0.29) is 0 Å². The molecule has 1 N–H and O–H groups in total. The number of nitrogens with one attached hydrogen (secondary N) is 1. The molecule has 4 rings (SSSR count). The van der Waals surface area contributed by atoms with E-state index < -0.39 is 0 Å². The summed E-state index contributed by atoms with van der Waals surface area (Å²) in [7, 11) is 3.32. The second-order valence-electron chi connectivity index (χ2n) is 6.09. The van der Waals surface area contributed by atoms with Crippen LogP contribution in [0.15, 0.2) is 42.5 Å². The molecule has 0 amide bonds. The number of rotatable bonds is 4. The molecule has 0 aliphatic carbocycles. The van der Waals surface area contributed by atoms with Gasteiger partial charge in [-0.05, 0) is 37.1 Å². The third-order valence-corrected chi connectivity index (χ3v) is 4.65. The van der Waals surface area contributed by atoms with E-state index in [0.717, 1.165) is 35.7 Å². The van der Waals surface area contributed by atoms with Gasteiger partial charge in [-0.1, -0.05) is 24.3 Å². The SMILES string of the molecule is COc1cccc(-c2nn(-c3ccccc3C)c3c2CCN3)c1OC. The maximum atomic E-state index is 5.63. The number of methoxy groups -OCH3 is 2. The van der Waals surface area contributed by atoms with Gasteiger partial charge in [0.25, 0.3) is 0 Å². The molecule has 25 heavy (non-hydrogen) atoms. The maximum absolute atomic E-state index is 5.63. The Morgan fingerprint density at radius 2 is 1.88 bits per heavy atom. The largest absolute Gasteiger partial charge is 0.493 e. The Morgan fingerprint density at radius 1 is 1.04 bits per heavy atom. The Hall–Kier alpha value is -2.95. The fourth-order valence-corrected chi connectivity index (χ4v) is 3.44. The van der Waals surface area contributed by atoms with Crippen LogP contribution < -0.4 is 14.8 Å². The van der Waals surface area contributed by atoms with Gasteiger partial charge in [-0.2, -0.15) is 5.10 Å². The number of nitrogens with zero attached hydrogens (tertiary/aromatic N) is 2. The van der Waals surface area contributed by atoms with Crippen LogP contribution in [0.25, 0.3) is 16.9 Å². The molecule has 0 atom stereocenters. The van der Waals surface area contributed by atoms with Crippen LogP contribution in [-0.2, 0) is 6.42 Å². The van der Waals surface area contributed by atoms with Crippen molar-refractivity contribution in [3.05, 3.63) is 53.6 Å². The zero-order valence-corrected chi connectivity index (χ0v) is 14.7. The molecule has 2 heterocycles. The number of fused-ring (bicyclic) bond motifs is 1. The predicted octanol–water partition coefficient (Wildman–Crippen LogP) is 3.83. The van der Waals surface area contributed by atoms with Crippen molar-refractivity contribution in [1.29, 1.82) is 0 Å². The average Bonchev–Trinajstić information content (AvgIpc) is 3.24. The molecule has 2 aromatic carbocycles. The van der Waals surface area contributed by atoms with Crippen LogP contribution in [0.1, 0.15) is 11.1 Å². The fourth-order valence-electron chi connectivity index (χ4n) is 3.44. The van der Waals surface area contributed by atoms with E-state index in [2.05, 4.69) is 24.4 Å². The lowest BCUT2D eigenvalue weighted by Crippen LogP contribution is -2.05. The fraction of sp³-hybridized carbons (Fsp3) is 0.250. The number of ether oxygens (including phenoxy) is 2. The van der Waals surface area contributed by atoms with E-state index in [0.29, 0.717) is 11.5 Å². The summed E-state index contributed by atoms with van der Waals surface area (Å²) in [6.45, 7) is 3.02. The average molecular weight is 335 g/mol. The zero-order chi connectivity index (χ0) is 17.4. The molecule has 0 fully saturated rings. The summed E-state index contributed by atoms with van der Waals surface area (Å²) in [5.74, 6) is 2.49. The molecule has 128 valence electrons. The van der Waals surface area contributed by atoms with Crippen LogP contribution in [0, 0.1) is 6.92 Å². The summed E-state index contributed by atoms with van der Waals surface area (Å²) in [6, 6.07) is 14.2. The summed E-state index contributed by atoms with van der Waals surface area (Å²) in [5.41, 5.74) is 5.38. The van der Waals surface area contributed by atoms with Crippen molar-refractivity contribution in [2.75, 3.05) is 26.1 Å². The Balaban J connectivity index is 1.94. The molecule has 3 aromatic rings. The van der Waals surface area contributed by atoms with E-state index in [1.165, 1.54) is 11.1 Å². The van der Waals surface area contributed by atoms with Gasteiger partial charge in [0.1, 0.15) is 11.5 Å². The molecule has 0 radical (unpaired) electrons. The van der Waals surface area contributed by atoms with Crippen molar-refractivity contribution in [3.8, 4) is 28.4 Å². The van der Waals surface area contributed by atoms with Gasteiger partial charge in [-0.25, -0.2) is 4.68 Å². The normalized spacial score (nSPS) is 12.6. The summed E-state index contributed by atoms with van der Waals surface area (Å²) >= 11 is 0. The molecule has 1 aliphatic rings. The lowest BCUT2D eigenvalue weighted by molar-refractivity contribution is 0.356. The maximum Gasteiger partial charge on any atom is 0.170 e. The molecule has 0 bridgehead atoms. The highest BCUT2D eigenvalue weighted by Crippen LogP contribution is 2.42. The molecule has 0 unspecified atom stereocenters. The van der Waals surface area contributed by atoms with E-state index in [1.54, 1.807) is 14.2 Å². The van der Waals surface area contributed by atoms with Crippen LogP contribution in [0.5, 0.6) is 11.5 Å². The van der Waals surface area contributed by atoms with Crippen molar-refractivity contribution in [3.63, 3.8) is 0 Å². The standard InChI is InChI=1S/C20H21N3O2/c1-13-7-4-5-9-16(13)23-20-15(11-12-21-20)18(22-23)14-8-6-10-17(24-2)19(14)25-3/h4-10,21H,11-12H2,1-3H3. The van der Waals surface area contributed by atoms with Crippen molar-refractivity contribution in [1.82, 2.24) is 9.78 Å². The van der Waals surface area contributed by atoms with Gasteiger partial charge >= 0.3 is 0 Å². The van der Waals surface area contributed by atoms with Crippen molar-refractivity contribution < 1.29 is 9.47 Å². The second-order valence-corrected chi connectivity index (χ2v) is 6.09. The van der Waals surface area contributed by atoms with Gasteiger partial charge < -0.3 is 14.8 Å². The molecule has 5 heteroatoms. The number of anilines is 1. The van der Waals surface area contributed by atoms with Gasteiger partial charge in [0.05, 0.1) is 19.9 Å². The lowest BCUT2D eigenvalue weighted by Gasteiger charge is -2.12. The van der Waals surface area contributed by atoms with Gasteiger partial charge in [-0.15, -0.1) is 0 Å². The first-order valence-corrected chi connectivity index (χ1v) is 8.37. The van der Waals surface area contributed by atoms with Crippen molar-refractivity contribution >= 4 is 5.82 Å². The molecule has 0 spiro atoms. The monoisotopic (exact) mass is 335 g/mol. The molecule has 0 saturated heterocycles. The number of aromatic nitrogens is 2. The molecule has 1 aromatic heterocycles. The number of benzene rings is 2. The lowest BCUT2D eigenvalue weighted by atomic mass is 10.1. The molecular formula is C20H21N3O2. The minimum absolute atomic E-state index is 0.713. The van der Waals surface area contributed by atoms with Gasteiger partial charge in [0.15, 0.2) is 11.5 Å². The van der Waals surface area contributed by atoms with E-state index in [4.69, 9.17) is 14.6 Å². The van der Waals surface area contributed by atoms with E-state index in [1.807, 2.05) is 35.0 Å². The van der Waals surface area contributed by atoms with Gasteiger partial charge in [-0.3, -0.25) is 0 Å². The third-order valence-electron chi connectivity index (χ3n) is 4.65. The number of aryl methyl sites for hydroxylation is 1. The molecule has 1 aliphatic heterocycles. The summed E-state index contributed by atoms with van der Waals surface area (Å²) in [4.78, 5) is 0. The Bertz CT molecular complexity index is 931. The number of hydrogen-bond donors (Lipinski definition) is 1. The van der Waals surface area contributed by atoms with E-state index in [9.17, 15) is 0 Å². The summed E-state index contributed by atoms with van der Waals surface area (Å²) < 4.78 is 13.1. The topological polar surface area (TPSA) is 48.3 Å².